The number of furan rings is 2. The molecule has 0 atom stereocenters. The van der Waals surface area contributed by atoms with Gasteiger partial charge in [0.1, 0.15) is 33.2 Å². The van der Waals surface area contributed by atoms with E-state index in [1.807, 2.05) is 0 Å². The van der Waals surface area contributed by atoms with Gasteiger partial charge in [0.25, 0.3) is 0 Å². The maximum Gasteiger partial charge on any atom is 0.163 e. The summed E-state index contributed by atoms with van der Waals surface area (Å²) in [5.41, 5.74) is 9.03. The first kappa shape index (κ1) is 34.4. The molecule has 0 radical (unpaired) electrons. The fraction of sp³-hybridized carbons (Fsp3) is 0.333. The minimum absolute atomic E-state index is 0.769. The average Bonchev–Trinajstić information content (AvgIpc) is 3.80. The Hall–Kier alpha value is -5.36. The van der Waals surface area contributed by atoms with Crippen LogP contribution >= 0.6 is 0 Å². The summed E-state index contributed by atoms with van der Waals surface area (Å²) in [6.07, 6.45) is 9.39. The molecule has 0 bridgehead atoms. The van der Waals surface area contributed by atoms with E-state index in [0.717, 1.165) is 114 Å². The molecule has 54 heavy (non-hydrogen) atoms. The lowest BCUT2D eigenvalue weighted by atomic mass is 9.99. The molecule has 0 amide bonds. The van der Waals surface area contributed by atoms with Crippen molar-refractivity contribution in [2.24, 2.45) is 0 Å². The summed E-state index contributed by atoms with van der Waals surface area (Å²) in [4.78, 5) is 16.1. The molecule has 0 spiro atoms. The Bertz CT molecular complexity index is 2610. The molecule has 0 saturated carbocycles. The lowest BCUT2D eigenvalue weighted by Gasteiger charge is -2.24. The van der Waals surface area contributed by atoms with E-state index in [-0.39, 0.29) is 0 Å². The highest BCUT2D eigenvalue weighted by molar-refractivity contribution is 6.33. The largest absolute Gasteiger partial charge is 0.454 e. The number of rotatable bonds is 14. The molecule has 0 N–H and O–H groups in total. The number of fused-ring (bicyclic) bond motifs is 16. The number of hydrogen-bond donors (Lipinski definition) is 0. The van der Waals surface area contributed by atoms with Gasteiger partial charge in [0.2, 0.25) is 0 Å². The van der Waals surface area contributed by atoms with E-state index >= 15 is 0 Å². The second-order valence-electron chi connectivity index (χ2n) is 15.1. The zero-order chi connectivity index (χ0) is 36.8. The van der Waals surface area contributed by atoms with Crippen LogP contribution in [0.15, 0.2) is 93.8 Å². The van der Waals surface area contributed by atoms with Crippen LogP contribution in [0.4, 0.5) is 11.4 Å². The molecule has 6 aromatic carbocycles. The lowest BCUT2D eigenvalue weighted by Crippen LogP contribution is -2.25. The smallest absolute Gasteiger partial charge is 0.163 e. The van der Waals surface area contributed by atoms with Crippen molar-refractivity contribution in [3.8, 4) is 0 Å². The van der Waals surface area contributed by atoms with Crippen LogP contribution in [0.1, 0.15) is 79.1 Å². The number of hydrogen-bond acceptors (Lipinski definition) is 6. The van der Waals surface area contributed by atoms with Crippen LogP contribution in [0.3, 0.4) is 0 Å². The first-order valence-electron chi connectivity index (χ1n) is 20.4. The molecule has 0 aliphatic heterocycles. The summed E-state index contributed by atoms with van der Waals surface area (Å²) in [6, 6.07) is 30.7. The Morgan fingerprint density at radius 1 is 0.426 bits per heavy atom. The maximum atomic E-state index is 6.83. The van der Waals surface area contributed by atoms with Gasteiger partial charge in [0.05, 0.1) is 0 Å². The van der Waals surface area contributed by atoms with E-state index < -0.39 is 0 Å². The monoisotopic (exact) mass is 714 g/mol. The SMILES string of the molecule is CCCCN(CCCC)c1ccc2oc3c4nc5c(nc4c4ccccc4c3c2c1)c1ccccc1c1c2cc(N(CCCC)CCCC)ccc2oc51. The van der Waals surface area contributed by atoms with Gasteiger partial charge in [-0.2, -0.15) is 0 Å². The lowest BCUT2D eigenvalue weighted by molar-refractivity contribution is 0.668. The average molecular weight is 715 g/mol. The molecular formula is C48H50N4O2. The maximum absolute atomic E-state index is 6.83. The number of nitrogens with zero attached hydrogens (tertiary/aromatic N) is 4. The van der Waals surface area contributed by atoms with Crippen LogP contribution in [0.5, 0.6) is 0 Å². The Balaban J connectivity index is 1.33. The fourth-order valence-electron chi connectivity index (χ4n) is 8.51. The van der Waals surface area contributed by atoms with E-state index in [2.05, 4.69) is 122 Å². The Kier molecular flexibility index (Phi) is 9.22. The molecule has 0 unspecified atom stereocenters. The normalized spacial score (nSPS) is 12.2. The molecular weight excluding hydrogens is 665 g/mol. The molecule has 274 valence electrons. The fourth-order valence-corrected chi connectivity index (χ4v) is 8.51. The minimum Gasteiger partial charge on any atom is -0.454 e. The molecule has 9 rings (SSSR count). The first-order valence-corrected chi connectivity index (χ1v) is 20.4. The molecule has 3 heterocycles. The van der Waals surface area contributed by atoms with Gasteiger partial charge in [-0.15, -0.1) is 0 Å². The van der Waals surface area contributed by atoms with Crippen molar-refractivity contribution < 1.29 is 8.83 Å². The number of aromatic nitrogens is 2. The second kappa shape index (κ2) is 14.5. The molecule has 0 saturated heterocycles. The van der Waals surface area contributed by atoms with E-state index in [4.69, 9.17) is 18.8 Å². The summed E-state index contributed by atoms with van der Waals surface area (Å²) < 4.78 is 13.7. The summed E-state index contributed by atoms with van der Waals surface area (Å²) in [5.74, 6) is 0. The van der Waals surface area contributed by atoms with Gasteiger partial charge < -0.3 is 18.6 Å². The van der Waals surface area contributed by atoms with Crippen LogP contribution in [0.2, 0.25) is 0 Å². The van der Waals surface area contributed by atoms with Crippen molar-refractivity contribution in [3.05, 3.63) is 84.9 Å². The number of benzene rings is 6. The van der Waals surface area contributed by atoms with Crippen molar-refractivity contribution in [2.75, 3.05) is 36.0 Å². The highest BCUT2D eigenvalue weighted by atomic mass is 16.3. The minimum atomic E-state index is 0.769. The van der Waals surface area contributed by atoms with Gasteiger partial charge in [0.15, 0.2) is 11.2 Å². The molecule has 9 aromatic rings. The van der Waals surface area contributed by atoms with E-state index in [9.17, 15) is 0 Å². The van der Waals surface area contributed by atoms with Gasteiger partial charge in [-0.1, -0.05) is 102 Å². The van der Waals surface area contributed by atoms with Gasteiger partial charge in [-0.05, 0) is 72.9 Å². The molecule has 3 aromatic heterocycles. The van der Waals surface area contributed by atoms with Gasteiger partial charge in [-0.25, -0.2) is 9.97 Å². The Morgan fingerprint density at radius 2 is 0.796 bits per heavy atom. The third kappa shape index (κ3) is 5.69. The van der Waals surface area contributed by atoms with Crippen molar-refractivity contribution in [2.45, 2.75) is 79.1 Å². The third-order valence-corrected chi connectivity index (χ3v) is 11.4. The Morgan fingerprint density at radius 3 is 1.19 bits per heavy atom. The Labute approximate surface area is 316 Å². The van der Waals surface area contributed by atoms with Crippen molar-refractivity contribution in [3.63, 3.8) is 0 Å². The summed E-state index contributed by atoms with van der Waals surface area (Å²) >= 11 is 0. The van der Waals surface area contributed by atoms with E-state index in [0.29, 0.717) is 0 Å². The van der Waals surface area contributed by atoms with Gasteiger partial charge >= 0.3 is 0 Å². The van der Waals surface area contributed by atoms with Gasteiger partial charge in [0, 0.05) is 69.9 Å². The molecule has 0 fully saturated rings. The molecule has 0 aliphatic rings. The van der Waals surface area contributed by atoms with E-state index in [1.54, 1.807) is 0 Å². The van der Waals surface area contributed by atoms with Crippen LogP contribution in [0.25, 0.3) is 87.5 Å². The standard InChI is InChI=1S/C48H50N4O2/c1-5-9-25-51(26-10-6-2)31-21-23-39-37(29-31)41-33-17-13-15-19-35(33)43-45(47(41)53-39)50-46-44(49-43)36-20-16-14-18-34(36)42-38-30-32(22-24-40(38)54-48(42)46)52(27-11-7-3)28-12-8-4/h13-24,29-30H,5-12,25-28H2,1-4H3. The van der Waals surface area contributed by atoms with Crippen LogP contribution in [-0.2, 0) is 0 Å². The molecule has 6 nitrogen and oxygen atoms in total. The van der Waals surface area contributed by atoms with Crippen LogP contribution in [0, 0.1) is 0 Å². The highest BCUT2D eigenvalue weighted by Gasteiger charge is 2.24. The highest BCUT2D eigenvalue weighted by Crippen LogP contribution is 2.45. The molecule has 0 aliphatic carbocycles. The third-order valence-electron chi connectivity index (χ3n) is 11.4. The zero-order valence-corrected chi connectivity index (χ0v) is 32.2. The predicted octanol–water partition coefficient (Wildman–Crippen LogP) is 13.7. The van der Waals surface area contributed by atoms with Crippen LogP contribution in [-0.4, -0.2) is 36.1 Å². The summed E-state index contributed by atoms with van der Waals surface area (Å²) in [5, 5.41) is 8.86. The van der Waals surface area contributed by atoms with Gasteiger partial charge in [-0.3, -0.25) is 0 Å². The second-order valence-corrected chi connectivity index (χ2v) is 15.1. The van der Waals surface area contributed by atoms with Crippen molar-refractivity contribution in [1.82, 2.24) is 9.97 Å². The van der Waals surface area contributed by atoms with Crippen molar-refractivity contribution >= 4 is 98.9 Å². The van der Waals surface area contributed by atoms with Crippen molar-refractivity contribution in [1.29, 1.82) is 0 Å². The van der Waals surface area contributed by atoms with Crippen LogP contribution < -0.4 is 9.80 Å². The molecule has 6 heteroatoms. The van der Waals surface area contributed by atoms with E-state index in [1.165, 1.54) is 62.7 Å². The number of anilines is 2. The summed E-state index contributed by atoms with van der Waals surface area (Å²) in [7, 11) is 0. The number of unbranched alkanes of at least 4 members (excludes halogenated alkanes) is 4. The quantitative estimate of drug-likeness (QED) is 0.0825. The zero-order valence-electron chi connectivity index (χ0n) is 32.2. The first-order chi connectivity index (χ1) is 26.6. The summed E-state index contributed by atoms with van der Waals surface area (Å²) in [6.45, 7) is 13.3. The topological polar surface area (TPSA) is 58.5 Å². The predicted molar refractivity (Wildman–Crippen MR) is 231 cm³/mol.